The Kier molecular flexibility index (Phi) is 15.5. The van der Waals surface area contributed by atoms with Crippen molar-refractivity contribution in [1.29, 1.82) is 0 Å². The van der Waals surface area contributed by atoms with Gasteiger partial charge in [-0.25, -0.2) is 9.97 Å². The van der Waals surface area contributed by atoms with E-state index in [0.29, 0.717) is 18.0 Å². The summed E-state index contributed by atoms with van der Waals surface area (Å²) in [6.45, 7) is 7.24. The van der Waals surface area contributed by atoms with Crippen LogP contribution in [0.5, 0.6) is 11.5 Å². The largest absolute Gasteiger partial charge is 0.494 e. The van der Waals surface area contributed by atoms with Crippen molar-refractivity contribution in [2.75, 3.05) is 13.2 Å². The van der Waals surface area contributed by atoms with Crippen LogP contribution in [0, 0.1) is 0 Å². The van der Waals surface area contributed by atoms with Gasteiger partial charge in [-0.1, -0.05) is 114 Å². The van der Waals surface area contributed by atoms with Crippen molar-refractivity contribution in [2.45, 2.75) is 110 Å². The summed E-state index contributed by atoms with van der Waals surface area (Å²) in [5.74, 6) is 1.92. The quantitative estimate of drug-likeness (QED) is 0.0932. The molecule has 0 aliphatic carbocycles. The molecule has 0 bridgehead atoms. The normalized spacial score (nSPS) is 11.7. The Morgan fingerprint density at radius 1 is 0.643 bits per heavy atom. The van der Waals surface area contributed by atoms with Gasteiger partial charge >= 0.3 is 5.97 Å². The Morgan fingerprint density at radius 3 is 1.79 bits per heavy atom. The number of carbonyl (C=O) groups is 1. The third kappa shape index (κ3) is 12.6. The van der Waals surface area contributed by atoms with Gasteiger partial charge in [0.2, 0.25) is 0 Å². The molecule has 0 unspecified atom stereocenters. The molecule has 0 fully saturated rings. The predicted molar refractivity (Wildman–Crippen MR) is 171 cm³/mol. The first-order chi connectivity index (χ1) is 20.6. The minimum Gasteiger partial charge on any atom is -0.494 e. The van der Waals surface area contributed by atoms with E-state index in [4.69, 9.17) is 14.2 Å². The molecule has 3 aromatic rings. The van der Waals surface area contributed by atoms with E-state index in [1.807, 2.05) is 31.2 Å². The average molecular weight is 575 g/mol. The first-order valence-electron chi connectivity index (χ1n) is 16.1. The first kappa shape index (κ1) is 33.1. The van der Waals surface area contributed by atoms with Gasteiger partial charge in [0.1, 0.15) is 18.5 Å². The lowest BCUT2D eigenvalue weighted by atomic mass is 10.0. The number of benzene rings is 2. The summed E-state index contributed by atoms with van der Waals surface area (Å²) >= 11 is 0. The molecular formula is C36H50N2O4. The van der Waals surface area contributed by atoms with Crippen LogP contribution in [0.4, 0.5) is 0 Å². The van der Waals surface area contributed by atoms with Crippen LogP contribution in [-0.2, 0) is 9.53 Å². The zero-order chi connectivity index (χ0) is 29.8. The lowest BCUT2D eigenvalue weighted by Gasteiger charge is -2.14. The van der Waals surface area contributed by atoms with Crippen LogP contribution in [0.3, 0.4) is 0 Å². The lowest BCUT2D eigenvalue weighted by Crippen LogP contribution is -2.22. The summed E-state index contributed by atoms with van der Waals surface area (Å²) in [7, 11) is 0. The third-order valence-electron chi connectivity index (χ3n) is 7.28. The number of aromatic nitrogens is 2. The zero-order valence-electron chi connectivity index (χ0n) is 26.0. The van der Waals surface area contributed by atoms with Gasteiger partial charge in [-0.15, -0.1) is 0 Å². The van der Waals surface area contributed by atoms with Gasteiger partial charge in [-0.2, -0.15) is 0 Å². The van der Waals surface area contributed by atoms with Crippen LogP contribution in [0.25, 0.3) is 22.5 Å². The SMILES string of the molecule is CCCCCCCCCCCOc1ccc(-c2ccc(-c3ncc(OC[C@H](C)OC(=O)CCCCC)cn3)cc2)cc1. The fourth-order valence-corrected chi connectivity index (χ4v) is 4.75. The second-order valence-electron chi connectivity index (χ2n) is 11.1. The molecule has 0 saturated heterocycles. The molecule has 2 aromatic carbocycles. The summed E-state index contributed by atoms with van der Waals surface area (Å²) in [5, 5.41) is 0. The van der Waals surface area contributed by atoms with E-state index in [0.717, 1.165) is 54.7 Å². The molecule has 228 valence electrons. The number of hydrogen-bond acceptors (Lipinski definition) is 6. The second kappa shape index (κ2) is 19.7. The highest BCUT2D eigenvalue weighted by Crippen LogP contribution is 2.25. The monoisotopic (exact) mass is 574 g/mol. The smallest absolute Gasteiger partial charge is 0.306 e. The van der Waals surface area contributed by atoms with E-state index in [2.05, 4.69) is 48.1 Å². The summed E-state index contributed by atoms with van der Waals surface area (Å²) in [6.07, 6.45) is 18.3. The Morgan fingerprint density at radius 2 is 1.17 bits per heavy atom. The molecule has 3 rings (SSSR count). The molecule has 1 heterocycles. The topological polar surface area (TPSA) is 70.5 Å². The zero-order valence-corrected chi connectivity index (χ0v) is 26.0. The van der Waals surface area contributed by atoms with Gasteiger partial charge in [0, 0.05) is 12.0 Å². The summed E-state index contributed by atoms with van der Waals surface area (Å²) < 4.78 is 17.1. The van der Waals surface area contributed by atoms with Gasteiger partial charge in [0.25, 0.3) is 0 Å². The molecule has 0 aliphatic rings. The van der Waals surface area contributed by atoms with Gasteiger partial charge in [0.05, 0.1) is 19.0 Å². The number of unbranched alkanes of at least 4 members (excludes halogenated alkanes) is 10. The highest BCUT2D eigenvalue weighted by Gasteiger charge is 2.11. The van der Waals surface area contributed by atoms with Gasteiger partial charge in [-0.05, 0) is 43.0 Å². The van der Waals surface area contributed by atoms with Gasteiger partial charge in [0.15, 0.2) is 11.6 Å². The number of nitrogens with zero attached hydrogens (tertiary/aromatic N) is 2. The van der Waals surface area contributed by atoms with Gasteiger partial charge < -0.3 is 14.2 Å². The Labute approximate surface area is 253 Å². The number of hydrogen-bond donors (Lipinski definition) is 0. The minimum atomic E-state index is -0.327. The first-order valence-corrected chi connectivity index (χ1v) is 16.1. The molecule has 6 nitrogen and oxygen atoms in total. The molecule has 6 heteroatoms. The Hall–Kier alpha value is -3.41. The maximum atomic E-state index is 11.9. The van der Waals surface area contributed by atoms with Crippen molar-refractivity contribution >= 4 is 5.97 Å². The van der Waals surface area contributed by atoms with E-state index < -0.39 is 0 Å². The number of carbonyl (C=O) groups excluding carboxylic acids is 1. The average Bonchev–Trinajstić information content (AvgIpc) is 3.02. The van der Waals surface area contributed by atoms with E-state index in [1.54, 1.807) is 12.4 Å². The summed E-state index contributed by atoms with van der Waals surface area (Å²) in [6, 6.07) is 16.5. The summed E-state index contributed by atoms with van der Waals surface area (Å²) in [4.78, 5) is 20.8. The lowest BCUT2D eigenvalue weighted by molar-refractivity contribution is -0.149. The minimum absolute atomic E-state index is 0.178. The molecule has 1 atom stereocenters. The second-order valence-corrected chi connectivity index (χ2v) is 11.1. The van der Waals surface area contributed by atoms with Crippen molar-refractivity contribution in [3.05, 3.63) is 60.9 Å². The molecule has 0 N–H and O–H groups in total. The molecule has 0 radical (unpaired) electrons. The highest BCUT2D eigenvalue weighted by molar-refractivity contribution is 5.69. The molecule has 0 amide bonds. The Bertz CT molecular complexity index is 1130. The van der Waals surface area contributed by atoms with Crippen molar-refractivity contribution < 1.29 is 19.0 Å². The van der Waals surface area contributed by atoms with Crippen molar-refractivity contribution in [2.24, 2.45) is 0 Å². The van der Waals surface area contributed by atoms with E-state index in [1.165, 1.54) is 51.4 Å². The van der Waals surface area contributed by atoms with Crippen molar-refractivity contribution in [1.82, 2.24) is 9.97 Å². The van der Waals surface area contributed by atoms with Crippen LogP contribution in [0.1, 0.15) is 104 Å². The molecule has 0 aliphatic heterocycles. The van der Waals surface area contributed by atoms with Crippen LogP contribution in [0.2, 0.25) is 0 Å². The van der Waals surface area contributed by atoms with E-state index in [-0.39, 0.29) is 18.7 Å². The maximum absolute atomic E-state index is 11.9. The molecule has 1 aromatic heterocycles. The molecular weight excluding hydrogens is 524 g/mol. The van der Waals surface area contributed by atoms with Crippen LogP contribution in [-0.4, -0.2) is 35.3 Å². The molecule has 0 saturated carbocycles. The molecule has 42 heavy (non-hydrogen) atoms. The number of rotatable bonds is 21. The fraction of sp³-hybridized carbons (Fsp3) is 0.528. The van der Waals surface area contributed by atoms with Crippen LogP contribution >= 0.6 is 0 Å². The highest BCUT2D eigenvalue weighted by atomic mass is 16.6. The van der Waals surface area contributed by atoms with Crippen molar-refractivity contribution in [3.8, 4) is 34.0 Å². The van der Waals surface area contributed by atoms with Crippen LogP contribution < -0.4 is 9.47 Å². The standard InChI is InChI=1S/C36H50N2O4/c1-4-6-8-9-10-11-12-13-15-25-40-33-23-21-31(22-24-33)30-17-19-32(20-18-30)36-37-26-34(27-38-36)41-28-29(3)42-35(39)16-14-7-5-2/h17-24,26-27,29H,4-16,25,28H2,1-3H3/t29-/m0/s1. The Balaban J connectivity index is 1.37. The number of ether oxygens (including phenoxy) is 3. The maximum Gasteiger partial charge on any atom is 0.306 e. The van der Waals surface area contributed by atoms with Crippen molar-refractivity contribution in [3.63, 3.8) is 0 Å². The van der Waals surface area contributed by atoms with E-state index >= 15 is 0 Å². The number of esters is 1. The molecule has 0 spiro atoms. The predicted octanol–water partition coefficient (Wildman–Crippen LogP) is 9.61. The van der Waals surface area contributed by atoms with Crippen LogP contribution in [0.15, 0.2) is 60.9 Å². The summed E-state index contributed by atoms with van der Waals surface area (Å²) in [5.41, 5.74) is 3.20. The van der Waals surface area contributed by atoms with E-state index in [9.17, 15) is 4.79 Å². The third-order valence-corrected chi connectivity index (χ3v) is 7.28. The van der Waals surface area contributed by atoms with Gasteiger partial charge in [-0.3, -0.25) is 4.79 Å². The fourth-order valence-electron chi connectivity index (χ4n) is 4.75.